The second-order valence-corrected chi connectivity index (χ2v) is 15.6. The van der Waals surface area contributed by atoms with Crippen molar-refractivity contribution in [2.45, 2.75) is 58.8 Å². The maximum atomic E-state index is 13.6. The van der Waals surface area contributed by atoms with Gasteiger partial charge in [-0.25, -0.2) is 4.79 Å². The van der Waals surface area contributed by atoms with Crippen molar-refractivity contribution >= 4 is 63.6 Å². The summed E-state index contributed by atoms with van der Waals surface area (Å²) in [6, 6.07) is 23.0. The van der Waals surface area contributed by atoms with Gasteiger partial charge in [0.25, 0.3) is 11.8 Å². The summed E-state index contributed by atoms with van der Waals surface area (Å²) in [5.41, 5.74) is 3.27. The van der Waals surface area contributed by atoms with E-state index in [-0.39, 0.29) is 29.4 Å². The number of esters is 1. The fourth-order valence-electron chi connectivity index (χ4n) is 5.94. The average molecular weight is 740 g/mol. The molecule has 0 radical (unpaired) electrons. The highest BCUT2D eigenvalue weighted by molar-refractivity contribution is 8.00. The predicted octanol–water partition coefficient (Wildman–Crippen LogP) is 8.61. The Morgan fingerprint density at radius 2 is 1.67 bits per heavy atom. The second kappa shape index (κ2) is 17.6. The number of thioether (sulfide) groups is 1. The molecule has 52 heavy (non-hydrogen) atoms. The van der Waals surface area contributed by atoms with Crippen LogP contribution in [-0.2, 0) is 27.2 Å². The topological polar surface area (TPSA) is 123 Å². The summed E-state index contributed by atoms with van der Waals surface area (Å²) in [6.07, 6.45) is 4.23. The lowest BCUT2D eigenvalue weighted by Crippen LogP contribution is -2.30. The lowest BCUT2D eigenvalue weighted by atomic mass is 9.72. The van der Waals surface area contributed by atoms with Gasteiger partial charge in [0.15, 0.2) is 0 Å². The van der Waals surface area contributed by atoms with Gasteiger partial charge in [-0.05, 0) is 104 Å². The molecular formula is C41H45N3O6S2. The summed E-state index contributed by atoms with van der Waals surface area (Å²) in [4.78, 5) is 54.8. The van der Waals surface area contributed by atoms with Gasteiger partial charge in [-0.3, -0.25) is 14.4 Å². The summed E-state index contributed by atoms with van der Waals surface area (Å²) in [7, 11) is 0. The number of benzene rings is 3. The van der Waals surface area contributed by atoms with Gasteiger partial charge in [-0.1, -0.05) is 57.2 Å². The number of rotatable bonds is 13. The van der Waals surface area contributed by atoms with E-state index in [1.807, 2.05) is 19.1 Å². The molecule has 1 aliphatic carbocycles. The molecule has 1 atom stereocenters. The first-order valence-corrected chi connectivity index (χ1v) is 19.2. The molecule has 272 valence electrons. The molecule has 3 N–H and O–H groups in total. The van der Waals surface area contributed by atoms with E-state index in [1.165, 1.54) is 23.1 Å². The van der Waals surface area contributed by atoms with Crippen LogP contribution >= 0.6 is 23.1 Å². The zero-order chi connectivity index (χ0) is 37.3. The summed E-state index contributed by atoms with van der Waals surface area (Å²) in [5.74, 6) is -0.320. The molecule has 4 aromatic rings. The lowest BCUT2D eigenvalue weighted by molar-refractivity contribution is -0.114. The Kier molecular flexibility index (Phi) is 13.0. The number of nitrogens with one attached hydrogen (secondary N) is 3. The van der Waals surface area contributed by atoms with E-state index >= 15 is 0 Å². The molecule has 0 fully saturated rings. The van der Waals surface area contributed by atoms with E-state index < -0.39 is 17.8 Å². The smallest absolute Gasteiger partial charge is 0.341 e. The molecule has 0 spiro atoms. The van der Waals surface area contributed by atoms with Crippen molar-refractivity contribution in [3.05, 3.63) is 112 Å². The molecule has 0 saturated carbocycles. The number of amides is 3. The Morgan fingerprint density at radius 3 is 2.37 bits per heavy atom. The van der Waals surface area contributed by atoms with Crippen LogP contribution in [0.15, 0.2) is 89.5 Å². The maximum absolute atomic E-state index is 13.6. The molecule has 1 heterocycles. The standard InChI is InChI=1S/C41H45N3O6S2/c1-6-49-30-19-16-26(17-20-30)22-33(43-37(46)27-12-9-8-10-13-27)38(47)42-29-14-11-15-31(24-29)51-25-35(45)44-39-36(40(48)50-7-2)32-21-18-28(41(3,4)5)23-34(32)52-39/h8-17,19-20,22,24,28H,6-7,18,21,23,25H2,1-5H3,(H,42,47)(H,43,46)(H,44,45)/b33-22+. The van der Waals surface area contributed by atoms with Crippen LogP contribution in [0.1, 0.15) is 77.8 Å². The normalized spacial score (nSPS) is 14.2. The third-order valence-corrected chi connectivity index (χ3v) is 10.9. The third kappa shape index (κ3) is 10.1. The Hall–Kier alpha value is -4.87. The number of fused-ring (bicyclic) bond motifs is 1. The number of hydrogen-bond donors (Lipinski definition) is 3. The third-order valence-electron chi connectivity index (χ3n) is 8.72. The average Bonchev–Trinajstić information content (AvgIpc) is 3.48. The number of hydrogen-bond acceptors (Lipinski definition) is 8. The molecule has 3 amide bonds. The Balaban J connectivity index is 1.27. The van der Waals surface area contributed by atoms with Crippen LogP contribution in [0, 0.1) is 11.3 Å². The van der Waals surface area contributed by atoms with Gasteiger partial charge in [-0.2, -0.15) is 0 Å². The summed E-state index contributed by atoms with van der Waals surface area (Å²) >= 11 is 2.78. The quantitative estimate of drug-likeness (QED) is 0.0713. The molecule has 11 heteroatoms. The highest BCUT2D eigenvalue weighted by atomic mass is 32.2. The largest absolute Gasteiger partial charge is 0.494 e. The molecular weight excluding hydrogens is 695 g/mol. The van der Waals surface area contributed by atoms with Crippen LogP contribution in [0.3, 0.4) is 0 Å². The second-order valence-electron chi connectivity index (χ2n) is 13.4. The van der Waals surface area contributed by atoms with Gasteiger partial charge in [0.1, 0.15) is 16.4 Å². The Labute approximate surface area is 313 Å². The van der Waals surface area contributed by atoms with Crippen LogP contribution in [0.2, 0.25) is 0 Å². The highest BCUT2D eigenvalue weighted by Gasteiger charge is 2.34. The first kappa shape index (κ1) is 38.4. The van der Waals surface area contributed by atoms with Crippen molar-refractivity contribution in [3.8, 4) is 5.75 Å². The minimum Gasteiger partial charge on any atom is -0.494 e. The van der Waals surface area contributed by atoms with Crippen molar-refractivity contribution in [2.24, 2.45) is 11.3 Å². The van der Waals surface area contributed by atoms with Crippen molar-refractivity contribution in [2.75, 3.05) is 29.6 Å². The van der Waals surface area contributed by atoms with E-state index in [9.17, 15) is 19.2 Å². The molecule has 1 unspecified atom stereocenters. The monoisotopic (exact) mass is 739 g/mol. The molecule has 0 saturated heterocycles. The van der Waals surface area contributed by atoms with E-state index in [2.05, 4.69) is 36.7 Å². The summed E-state index contributed by atoms with van der Waals surface area (Å²) in [5, 5.41) is 9.16. The number of thiophene rings is 1. The predicted molar refractivity (Wildman–Crippen MR) is 209 cm³/mol. The Bertz CT molecular complexity index is 1930. The zero-order valence-electron chi connectivity index (χ0n) is 30.2. The lowest BCUT2D eigenvalue weighted by Gasteiger charge is -2.33. The van der Waals surface area contributed by atoms with Crippen LogP contribution in [0.4, 0.5) is 10.7 Å². The van der Waals surface area contributed by atoms with Crippen LogP contribution < -0.4 is 20.7 Å². The van der Waals surface area contributed by atoms with Gasteiger partial charge in [0.05, 0.1) is 24.5 Å². The number of ether oxygens (including phenoxy) is 2. The van der Waals surface area contributed by atoms with Crippen molar-refractivity contribution in [3.63, 3.8) is 0 Å². The molecule has 1 aromatic heterocycles. The van der Waals surface area contributed by atoms with Gasteiger partial charge >= 0.3 is 5.97 Å². The minimum atomic E-state index is -0.514. The van der Waals surface area contributed by atoms with Crippen LogP contribution in [0.5, 0.6) is 5.75 Å². The number of carbonyl (C=O) groups excluding carboxylic acids is 4. The molecule has 5 rings (SSSR count). The van der Waals surface area contributed by atoms with Crippen molar-refractivity contribution in [1.29, 1.82) is 0 Å². The molecule has 9 nitrogen and oxygen atoms in total. The van der Waals surface area contributed by atoms with Crippen LogP contribution in [0.25, 0.3) is 6.08 Å². The van der Waals surface area contributed by atoms with E-state index in [0.717, 1.165) is 34.6 Å². The molecule has 0 aliphatic heterocycles. The van der Waals surface area contributed by atoms with E-state index in [1.54, 1.807) is 79.7 Å². The van der Waals surface area contributed by atoms with E-state index in [0.29, 0.717) is 45.7 Å². The molecule has 1 aliphatic rings. The zero-order valence-corrected chi connectivity index (χ0v) is 31.8. The fraction of sp³-hybridized carbons (Fsp3) is 0.317. The summed E-state index contributed by atoms with van der Waals surface area (Å²) in [6.45, 7) is 11.2. The first-order valence-electron chi connectivity index (χ1n) is 17.4. The number of anilines is 2. The van der Waals surface area contributed by atoms with Gasteiger partial charge in [-0.15, -0.1) is 23.1 Å². The highest BCUT2D eigenvalue weighted by Crippen LogP contribution is 2.44. The maximum Gasteiger partial charge on any atom is 0.341 e. The van der Waals surface area contributed by atoms with E-state index in [4.69, 9.17) is 9.47 Å². The molecule has 3 aromatic carbocycles. The van der Waals surface area contributed by atoms with Gasteiger partial charge < -0.3 is 25.4 Å². The summed E-state index contributed by atoms with van der Waals surface area (Å²) < 4.78 is 10.9. The minimum absolute atomic E-state index is 0.0558. The van der Waals surface area contributed by atoms with Gasteiger partial charge in [0, 0.05) is 21.0 Å². The van der Waals surface area contributed by atoms with Crippen LogP contribution in [-0.4, -0.2) is 42.7 Å². The van der Waals surface area contributed by atoms with Crippen molar-refractivity contribution < 1.29 is 28.7 Å². The van der Waals surface area contributed by atoms with Crippen molar-refractivity contribution in [1.82, 2.24) is 5.32 Å². The SMILES string of the molecule is CCOC(=O)c1c(NC(=O)CSc2cccc(NC(=O)/C(=C\c3ccc(OCC)cc3)NC(=O)c3ccccc3)c2)sc2c1CCC(C(C)(C)C)C2. The fourth-order valence-corrected chi connectivity index (χ4v) is 8.03. The van der Waals surface area contributed by atoms with Gasteiger partial charge in [0.2, 0.25) is 5.91 Å². The first-order chi connectivity index (χ1) is 24.9. The molecule has 0 bridgehead atoms. The number of carbonyl (C=O) groups is 4. The Morgan fingerprint density at radius 1 is 0.923 bits per heavy atom.